The predicted octanol–water partition coefficient (Wildman–Crippen LogP) is 3.72. The first-order valence-electron chi connectivity index (χ1n) is 13.2. The van der Waals surface area contributed by atoms with Gasteiger partial charge in [0.15, 0.2) is 0 Å². The summed E-state index contributed by atoms with van der Waals surface area (Å²) in [7, 11) is 2.05. The van der Waals surface area contributed by atoms with E-state index in [0.717, 1.165) is 55.5 Å². The molecule has 0 bridgehead atoms. The summed E-state index contributed by atoms with van der Waals surface area (Å²) in [4.78, 5) is 39.7. The molecule has 2 aromatic rings. The zero-order chi connectivity index (χ0) is 26.8. The SMILES string of the molecule is CCN(c1cccc2c1CC=CCCc1cc(C)[nH]c(=O)c1CNC2=O)C1CCC(NC)CC1.O=CO. The Bertz CT molecular complexity index is 1150. The van der Waals surface area contributed by atoms with Gasteiger partial charge in [0.1, 0.15) is 0 Å². The van der Waals surface area contributed by atoms with Crippen molar-refractivity contribution in [2.75, 3.05) is 18.5 Å². The Morgan fingerprint density at radius 3 is 2.54 bits per heavy atom. The molecule has 1 saturated carbocycles. The van der Waals surface area contributed by atoms with E-state index in [1.165, 1.54) is 18.5 Å². The molecule has 1 aliphatic carbocycles. The second-order valence-electron chi connectivity index (χ2n) is 9.67. The normalized spacial score (nSPS) is 19.6. The van der Waals surface area contributed by atoms with Gasteiger partial charge in [-0.1, -0.05) is 18.2 Å². The van der Waals surface area contributed by atoms with Crippen molar-refractivity contribution in [3.05, 3.63) is 74.7 Å². The van der Waals surface area contributed by atoms with E-state index in [-0.39, 0.29) is 24.5 Å². The number of benzene rings is 1. The highest BCUT2D eigenvalue weighted by Gasteiger charge is 2.27. The Hall–Kier alpha value is -3.39. The van der Waals surface area contributed by atoms with Gasteiger partial charge in [-0.05, 0) is 95.2 Å². The van der Waals surface area contributed by atoms with Crippen LogP contribution in [0.15, 0.2) is 41.2 Å². The third kappa shape index (κ3) is 7.10. The molecule has 1 fully saturated rings. The number of nitrogens with zero attached hydrogens (tertiary/aromatic N) is 1. The van der Waals surface area contributed by atoms with Crippen molar-refractivity contribution >= 4 is 18.1 Å². The van der Waals surface area contributed by atoms with Crippen molar-refractivity contribution in [3.8, 4) is 0 Å². The predicted molar refractivity (Wildman–Crippen MR) is 147 cm³/mol. The number of hydrogen-bond donors (Lipinski definition) is 4. The molecule has 1 aromatic carbocycles. The van der Waals surface area contributed by atoms with Crippen LogP contribution in [-0.4, -0.2) is 48.1 Å². The Morgan fingerprint density at radius 1 is 1.14 bits per heavy atom. The molecule has 200 valence electrons. The summed E-state index contributed by atoms with van der Waals surface area (Å²) in [5.41, 5.74) is 5.35. The fourth-order valence-electron chi connectivity index (χ4n) is 5.60. The lowest BCUT2D eigenvalue weighted by Gasteiger charge is -2.39. The van der Waals surface area contributed by atoms with Gasteiger partial charge in [0, 0.05) is 47.7 Å². The number of pyridine rings is 1. The number of amides is 1. The Balaban J connectivity index is 0.00000121. The van der Waals surface area contributed by atoms with Crippen LogP contribution in [0.5, 0.6) is 0 Å². The summed E-state index contributed by atoms with van der Waals surface area (Å²) in [6, 6.07) is 9.20. The van der Waals surface area contributed by atoms with Gasteiger partial charge in [0.25, 0.3) is 17.9 Å². The number of fused-ring (bicyclic) bond motifs is 2. The highest BCUT2D eigenvalue weighted by atomic mass is 16.3. The van der Waals surface area contributed by atoms with E-state index in [4.69, 9.17) is 9.90 Å². The van der Waals surface area contributed by atoms with Crippen molar-refractivity contribution < 1.29 is 14.7 Å². The van der Waals surface area contributed by atoms with E-state index < -0.39 is 0 Å². The Kier molecular flexibility index (Phi) is 10.5. The number of carbonyl (C=O) groups is 2. The summed E-state index contributed by atoms with van der Waals surface area (Å²) in [6.07, 6.45) is 11.4. The molecular weight excluding hydrogens is 468 g/mol. The first-order valence-corrected chi connectivity index (χ1v) is 13.2. The molecular formula is C29H40N4O4. The molecule has 0 radical (unpaired) electrons. The van der Waals surface area contributed by atoms with Crippen LogP contribution >= 0.6 is 0 Å². The molecule has 1 aromatic heterocycles. The molecule has 1 amide bonds. The smallest absolute Gasteiger partial charge is 0.290 e. The van der Waals surface area contributed by atoms with Crippen LogP contribution in [-0.2, 0) is 24.2 Å². The van der Waals surface area contributed by atoms with Crippen LogP contribution in [0.3, 0.4) is 0 Å². The van der Waals surface area contributed by atoms with Crippen molar-refractivity contribution in [3.63, 3.8) is 0 Å². The molecule has 2 heterocycles. The number of H-pyrrole nitrogens is 1. The van der Waals surface area contributed by atoms with Crippen LogP contribution in [0.1, 0.15) is 71.8 Å². The molecule has 4 N–H and O–H groups in total. The Morgan fingerprint density at radius 2 is 1.86 bits per heavy atom. The number of anilines is 1. The minimum atomic E-state index is -0.250. The molecule has 0 spiro atoms. The van der Waals surface area contributed by atoms with Crippen molar-refractivity contribution in [1.82, 2.24) is 15.6 Å². The molecule has 0 unspecified atom stereocenters. The minimum Gasteiger partial charge on any atom is -0.483 e. The van der Waals surface area contributed by atoms with E-state index in [1.807, 2.05) is 25.1 Å². The summed E-state index contributed by atoms with van der Waals surface area (Å²) < 4.78 is 0. The first-order chi connectivity index (χ1) is 17.9. The number of hydrogen-bond acceptors (Lipinski definition) is 5. The maximum absolute atomic E-state index is 13.4. The molecule has 8 nitrogen and oxygen atoms in total. The lowest BCUT2D eigenvalue weighted by atomic mass is 9.89. The third-order valence-electron chi connectivity index (χ3n) is 7.45. The standard InChI is InChI=1S/C28H38N4O2.CH2O2/c1-4-32(22-15-13-21(29-3)14-16-22)26-12-8-11-24-23(26)10-7-5-6-9-20-17-19(2)31-28(34)25(20)18-30-27(24)33;2-1-3/h5,7-8,11-12,17,21-22,29H,4,6,9-10,13-16,18H2,1-3H3,(H,30,33)(H,31,34);1H,(H,2,3). The van der Waals surface area contributed by atoms with Gasteiger partial charge in [-0.2, -0.15) is 0 Å². The van der Waals surface area contributed by atoms with E-state index in [0.29, 0.717) is 23.2 Å². The van der Waals surface area contributed by atoms with Crippen LogP contribution < -0.4 is 21.1 Å². The van der Waals surface area contributed by atoms with Crippen LogP contribution in [0.4, 0.5) is 5.69 Å². The lowest BCUT2D eigenvalue weighted by Crippen LogP contribution is -2.42. The van der Waals surface area contributed by atoms with Crippen molar-refractivity contribution in [2.24, 2.45) is 0 Å². The van der Waals surface area contributed by atoms with Gasteiger partial charge in [-0.25, -0.2) is 0 Å². The maximum atomic E-state index is 13.4. The topological polar surface area (TPSA) is 115 Å². The van der Waals surface area contributed by atoms with Gasteiger partial charge in [0.2, 0.25) is 0 Å². The zero-order valence-corrected chi connectivity index (χ0v) is 22.2. The van der Waals surface area contributed by atoms with Crippen LogP contribution in [0, 0.1) is 6.92 Å². The number of nitrogens with one attached hydrogen (secondary N) is 3. The summed E-state index contributed by atoms with van der Waals surface area (Å²) >= 11 is 0. The van der Waals surface area contributed by atoms with Crippen LogP contribution in [0.25, 0.3) is 0 Å². The Labute approximate surface area is 219 Å². The summed E-state index contributed by atoms with van der Waals surface area (Å²) in [5.74, 6) is -0.119. The average molecular weight is 509 g/mol. The molecule has 1 aliphatic heterocycles. The maximum Gasteiger partial charge on any atom is 0.290 e. The van der Waals surface area contributed by atoms with Crippen LogP contribution in [0.2, 0.25) is 0 Å². The number of carboxylic acid groups (broad SMARTS) is 1. The van der Waals surface area contributed by atoms with Gasteiger partial charge in [-0.3, -0.25) is 14.4 Å². The number of rotatable bonds is 4. The third-order valence-corrected chi connectivity index (χ3v) is 7.45. The molecule has 0 atom stereocenters. The van der Waals surface area contributed by atoms with E-state index >= 15 is 0 Å². The van der Waals surface area contributed by atoms with E-state index in [9.17, 15) is 9.59 Å². The first kappa shape index (κ1) is 28.2. The van der Waals surface area contributed by atoms with Crippen molar-refractivity contribution in [2.45, 2.75) is 77.4 Å². The highest BCUT2D eigenvalue weighted by Crippen LogP contribution is 2.32. The number of carbonyl (C=O) groups excluding carboxylic acids is 1. The number of aryl methyl sites for hydroxylation is 2. The second-order valence-corrected chi connectivity index (χ2v) is 9.67. The van der Waals surface area contributed by atoms with Gasteiger partial charge >= 0.3 is 0 Å². The lowest BCUT2D eigenvalue weighted by molar-refractivity contribution is -0.122. The quantitative estimate of drug-likeness (QED) is 0.370. The summed E-state index contributed by atoms with van der Waals surface area (Å²) in [6.45, 7) is 5.01. The monoisotopic (exact) mass is 508 g/mol. The second kappa shape index (κ2) is 13.8. The van der Waals surface area contributed by atoms with Crippen molar-refractivity contribution in [1.29, 1.82) is 0 Å². The molecule has 2 aliphatic rings. The largest absolute Gasteiger partial charge is 0.483 e. The highest BCUT2D eigenvalue weighted by molar-refractivity contribution is 5.97. The van der Waals surface area contributed by atoms with E-state index in [2.05, 4.69) is 52.7 Å². The van der Waals surface area contributed by atoms with Gasteiger partial charge in [0.05, 0.1) is 0 Å². The average Bonchev–Trinajstić information content (AvgIpc) is 2.88. The fourth-order valence-corrected chi connectivity index (χ4v) is 5.60. The zero-order valence-electron chi connectivity index (χ0n) is 22.2. The molecule has 8 heteroatoms. The van der Waals surface area contributed by atoms with Gasteiger partial charge < -0.3 is 25.6 Å². The fraction of sp³-hybridized carbons (Fsp3) is 0.483. The molecule has 37 heavy (non-hydrogen) atoms. The number of aromatic nitrogens is 1. The summed E-state index contributed by atoms with van der Waals surface area (Å²) in [5, 5.41) is 13.4. The molecule has 0 saturated heterocycles. The number of aromatic amines is 1. The number of allylic oxidation sites excluding steroid dienone is 2. The van der Waals surface area contributed by atoms with E-state index in [1.54, 1.807) is 0 Å². The molecule has 4 rings (SSSR count). The minimum absolute atomic E-state index is 0.111. The van der Waals surface area contributed by atoms with Gasteiger partial charge in [-0.15, -0.1) is 0 Å².